The predicted molar refractivity (Wildman–Crippen MR) is 77.8 cm³/mol. The Morgan fingerprint density at radius 1 is 1.00 bits per heavy atom. The van der Waals surface area contributed by atoms with Crippen molar-refractivity contribution in [2.75, 3.05) is 6.54 Å². The van der Waals surface area contributed by atoms with Crippen LogP contribution in [0, 0.1) is 25.5 Å². The van der Waals surface area contributed by atoms with Gasteiger partial charge in [-0.15, -0.1) is 0 Å². The smallest absolute Gasteiger partial charge is 0.129 e. The molecule has 0 aliphatic carbocycles. The maximum Gasteiger partial charge on any atom is 0.129 e. The molecule has 0 fully saturated rings. The fourth-order valence-electron chi connectivity index (χ4n) is 2.62. The van der Waals surface area contributed by atoms with Crippen molar-refractivity contribution >= 4 is 0 Å². The molecule has 1 nitrogen and oxygen atoms in total. The molecule has 2 aromatic rings. The second-order valence-electron chi connectivity index (χ2n) is 5.30. The molecule has 0 aliphatic heterocycles. The summed E-state index contributed by atoms with van der Waals surface area (Å²) >= 11 is 0. The van der Waals surface area contributed by atoms with Gasteiger partial charge in [-0.25, -0.2) is 8.78 Å². The van der Waals surface area contributed by atoms with E-state index in [1.165, 1.54) is 23.3 Å². The number of aryl methyl sites for hydroxylation is 2. The van der Waals surface area contributed by atoms with E-state index in [4.69, 9.17) is 5.73 Å². The van der Waals surface area contributed by atoms with Gasteiger partial charge in [-0.2, -0.15) is 0 Å². The van der Waals surface area contributed by atoms with Crippen LogP contribution in [0.1, 0.15) is 28.2 Å². The minimum Gasteiger partial charge on any atom is -0.330 e. The molecule has 0 spiro atoms. The van der Waals surface area contributed by atoms with Crippen molar-refractivity contribution in [3.8, 4) is 0 Å². The Labute approximate surface area is 118 Å². The SMILES string of the molecule is Cc1cc(C)cc(CC(CN)c2ccc(F)cc2F)c1. The molecule has 0 aliphatic rings. The van der Waals surface area contributed by atoms with E-state index < -0.39 is 11.6 Å². The van der Waals surface area contributed by atoms with Crippen molar-refractivity contribution < 1.29 is 8.78 Å². The molecule has 0 heterocycles. The molecule has 106 valence electrons. The van der Waals surface area contributed by atoms with Gasteiger partial charge in [0.25, 0.3) is 0 Å². The zero-order valence-electron chi connectivity index (χ0n) is 11.8. The van der Waals surface area contributed by atoms with Crippen LogP contribution in [0.5, 0.6) is 0 Å². The van der Waals surface area contributed by atoms with Crippen molar-refractivity contribution in [3.05, 3.63) is 70.3 Å². The van der Waals surface area contributed by atoms with E-state index in [9.17, 15) is 8.78 Å². The topological polar surface area (TPSA) is 26.0 Å². The first kappa shape index (κ1) is 14.7. The van der Waals surface area contributed by atoms with Crippen LogP contribution in [0.25, 0.3) is 0 Å². The highest BCUT2D eigenvalue weighted by Gasteiger charge is 2.16. The van der Waals surface area contributed by atoms with E-state index in [1.807, 2.05) is 13.8 Å². The molecule has 0 saturated heterocycles. The van der Waals surface area contributed by atoms with E-state index >= 15 is 0 Å². The van der Waals surface area contributed by atoms with Crippen LogP contribution in [0.15, 0.2) is 36.4 Å². The number of halogens is 2. The molecule has 2 aromatic carbocycles. The van der Waals surface area contributed by atoms with E-state index in [2.05, 4.69) is 18.2 Å². The molecule has 0 bridgehead atoms. The van der Waals surface area contributed by atoms with Gasteiger partial charge in [-0.05, 0) is 44.0 Å². The largest absolute Gasteiger partial charge is 0.330 e. The molecular weight excluding hydrogens is 256 g/mol. The van der Waals surface area contributed by atoms with Crippen LogP contribution in [0.2, 0.25) is 0 Å². The number of hydrogen-bond donors (Lipinski definition) is 1. The van der Waals surface area contributed by atoms with E-state index in [-0.39, 0.29) is 5.92 Å². The van der Waals surface area contributed by atoms with Gasteiger partial charge < -0.3 is 5.73 Å². The summed E-state index contributed by atoms with van der Waals surface area (Å²) in [5.41, 5.74) is 9.73. The average molecular weight is 275 g/mol. The predicted octanol–water partition coefficient (Wildman–Crippen LogP) is 3.87. The first-order valence-electron chi connectivity index (χ1n) is 6.72. The van der Waals surface area contributed by atoms with Crippen LogP contribution < -0.4 is 5.73 Å². The van der Waals surface area contributed by atoms with Gasteiger partial charge in [0, 0.05) is 12.0 Å². The van der Waals surface area contributed by atoms with Crippen LogP contribution >= 0.6 is 0 Å². The third kappa shape index (κ3) is 3.42. The Morgan fingerprint density at radius 2 is 1.65 bits per heavy atom. The van der Waals surface area contributed by atoms with Crippen molar-refractivity contribution in [1.82, 2.24) is 0 Å². The molecule has 0 amide bonds. The summed E-state index contributed by atoms with van der Waals surface area (Å²) in [6.45, 7) is 4.40. The van der Waals surface area contributed by atoms with Crippen LogP contribution in [0.4, 0.5) is 8.78 Å². The highest BCUT2D eigenvalue weighted by molar-refractivity contribution is 5.31. The lowest BCUT2D eigenvalue weighted by molar-refractivity contribution is 0.551. The minimum atomic E-state index is -0.562. The molecule has 3 heteroatoms. The van der Waals surface area contributed by atoms with Gasteiger partial charge in [0.1, 0.15) is 11.6 Å². The lowest BCUT2D eigenvalue weighted by Gasteiger charge is -2.17. The third-order valence-corrected chi connectivity index (χ3v) is 3.45. The average Bonchev–Trinajstić information content (AvgIpc) is 2.35. The number of nitrogens with two attached hydrogens (primary N) is 1. The molecule has 2 N–H and O–H groups in total. The summed E-state index contributed by atoms with van der Waals surface area (Å²) in [6.07, 6.45) is 0.654. The lowest BCUT2D eigenvalue weighted by atomic mass is 9.90. The molecule has 2 rings (SSSR count). The van der Waals surface area contributed by atoms with Gasteiger partial charge in [-0.3, -0.25) is 0 Å². The Kier molecular flexibility index (Phi) is 4.50. The van der Waals surface area contributed by atoms with E-state index in [0.717, 1.165) is 11.6 Å². The molecular formula is C17H19F2N. The molecule has 20 heavy (non-hydrogen) atoms. The Balaban J connectivity index is 2.28. The monoisotopic (exact) mass is 275 g/mol. The van der Waals surface area contributed by atoms with Crippen LogP contribution in [-0.4, -0.2) is 6.54 Å². The molecule has 0 aromatic heterocycles. The van der Waals surface area contributed by atoms with Crippen LogP contribution in [0.3, 0.4) is 0 Å². The summed E-state index contributed by atoms with van der Waals surface area (Å²) in [4.78, 5) is 0. The third-order valence-electron chi connectivity index (χ3n) is 3.45. The molecule has 0 radical (unpaired) electrons. The van der Waals surface area contributed by atoms with Crippen molar-refractivity contribution in [2.45, 2.75) is 26.2 Å². The summed E-state index contributed by atoms with van der Waals surface area (Å²) in [5, 5.41) is 0. The number of rotatable bonds is 4. The van der Waals surface area contributed by atoms with Gasteiger partial charge in [0.2, 0.25) is 0 Å². The normalized spacial score (nSPS) is 12.4. The molecule has 1 unspecified atom stereocenters. The second kappa shape index (κ2) is 6.14. The summed E-state index contributed by atoms with van der Waals surface area (Å²) < 4.78 is 26.8. The molecule has 0 saturated carbocycles. The van der Waals surface area contributed by atoms with Gasteiger partial charge in [0.15, 0.2) is 0 Å². The summed E-state index contributed by atoms with van der Waals surface area (Å²) in [6, 6.07) is 9.94. The lowest BCUT2D eigenvalue weighted by Crippen LogP contribution is -2.16. The zero-order chi connectivity index (χ0) is 14.7. The standard InChI is InChI=1S/C17H19F2N/c1-11-5-12(2)7-13(6-11)8-14(10-20)16-4-3-15(18)9-17(16)19/h3-7,9,14H,8,10,20H2,1-2H3. The van der Waals surface area contributed by atoms with E-state index in [1.54, 1.807) is 0 Å². The Morgan fingerprint density at radius 3 is 2.20 bits per heavy atom. The van der Waals surface area contributed by atoms with Gasteiger partial charge in [-0.1, -0.05) is 35.4 Å². The quantitative estimate of drug-likeness (QED) is 0.900. The van der Waals surface area contributed by atoms with Gasteiger partial charge in [0.05, 0.1) is 0 Å². The van der Waals surface area contributed by atoms with Crippen molar-refractivity contribution in [1.29, 1.82) is 0 Å². The Bertz CT molecular complexity index is 588. The van der Waals surface area contributed by atoms with Gasteiger partial charge >= 0.3 is 0 Å². The zero-order valence-corrected chi connectivity index (χ0v) is 11.8. The fourth-order valence-corrected chi connectivity index (χ4v) is 2.62. The van der Waals surface area contributed by atoms with Crippen LogP contribution in [-0.2, 0) is 6.42 Å². The van der Waals surface area contributed by atoms with Crippen molar-refractivity contribution in [3.63, 3.8) is 0 Å². The minimum absolute atomic E-state index is 0.142. The Hall–Kier alpha value is -1.74. The number of hydrogen-bond acceptors (Lipinski definition) is 1. The summed E-state index contributed by atoms with van der Waals surface area (Å²) in [5.74, 6) is -1.23. The first-order chi connectivity index (χ1) is 9.49. The second-order valence-corrected chi connectivity index (χ2v) is 5.30. The van der Waals surface area contributed by atoms with Crippen molar-refractivity contribution in [2.24, 2.45) is 5.73 Å². The highest BCUT2D eigenvalue weighted by Crippen LogP contribution is 2.24. The number of benzene rings is 2. The van der Waals surface area contributed by atoms with E-state index in [0.29, 0.717) is 18.5 Å². The first-order valence-corrected chi connectivity index (χ1v) is 6.72. The maximum absolute atomic E-state index is 13.9. The maximum atomic E-state index is 13.9. The highest BCUT2D eigenvalue weighted by atomic mass is 19.1. The summed E-state index contributed by atoms with van der Waals surface area (Å²) in [7, 11) is 0. The molecule has 1 atom stereocenters. The fraction of sp³-hybridized carbons (Fsp3) is 0.294.